The maximum absolute atomic E-state index is 12.0. The van der Waals surface area contributed by atoms with E-state index >= 15 is 0 Å². The lowest BCUT2D eigenvalue weighted by Gasteiger charge is -2.25. The number of rotatable bonds is 6. The van der Waals surface area contributed by atoms with Crippen LogP contribution < -0.4 is 5.32 Å². The summed E-state index contributed by atoms with van der Waals surface area (Å²) in [7, 11) is 1.46. The molecule has 7 nitrogen and oxygen atoms in total. The predicted molar refractivity (Wildman–Crippen MR) is 74.5 cm³/mol. The normalized spacial score (nSPS) is 14.1. The van der Waals surface area contributed by atoms with Gasteiger partial charge in [-0.3, -0.25) is 4.79 Å². The minimum Gasteiger partial charge on any atom is -0.388 e. The van der Waals surface area contributed by atoms with E-state index in [1.165, 1.54) is 23.7 Å². The monoisotopic (exact) mass is 283 g/mol. The molecule has 1 rings (SSSR count). The van der Waals surface area contributed by atoms with Gasteiger partial charge in [0.2, 0.25) is 0 Å². The molecule has 20 heavy (non-hydrogen) atoms. The number of aromatic nitrogens is 1. The number of nitrogens with one attached hydrogen (secondary N) is 1. The Labute approximate surface area is 117 Å². The Morgan fingerprint density at radius 3 is 2.60 bits per heavy atom. The first-order chi connectivity index (χ1) is 9.14. The molecule has 0 fully saturated rings. The highest BCUT2D eigenvalue weighted by atomic mass is 16.6. The first kappa shape index (κ1) is 16.2. The Balaban J connectivity index is 2.71. The molecule has 1 atom stereocenters. The van der Waals surface area contributed by atoms with Crippen LogP contribution in [0.5, 0.6) is 0 Å². The molecule has 112 valence electrons. The molecule has 1 heterocycles. The molecule has 0 aliphatic carbocycles. The van der Waals surface area contributed by atoms with Crippen molar-refractivity contribution in [1.82, 2.24) is 9.88 Å². The quantitative estimate of drug-likeness (QED) is 0.610. The number of carbonyl (C=O) groups is 1. The van der Waals surface area contributed by atoms with Gasteiger partial charge in [0, 0.05) is 12.6 Å². The molecule has 1 amide bonds. The molecule has 0 aliphatic rings. The summed E-state index contributed by atoms with van der Waals surface area (Å²) in [6.07, 6.45) is 0.556. The van der Waals surface area contributed by atoms with Crippen LogP contribution in [0.25, 0.3) is 0 Å². The molecule has 0 aliphatic heterocycles. The molecule has 1 aromatic heterocycles. The lowest BCUT2D eigenvalue weighted by Crippen LogP contribution is -2.41. The first-order valence-corrected chi connectivity index (χ1v) is 6.45. The molecule has 0 saturated carbocycles. The average Bonchev–Trinajstić information content (AvgIpc) is 2.66. The second kappa shape index (κ2) is 6.04. The van der Waals surface area contributed by atoms with E-state index in [4.69, 9.17) is 0 Å². The van der Waals surface area contributed by atoms with Crippen LogP contribution in [0.1, 0.15) is 37.7 Å². The van der Waals surface area contributed by atoms with E-state index < -0.39 is 16.4 Å². The van der Waals surface area contributed by atoms with Crippen LogP contribution >= 0.6 is 0 Å². The lowest BCUT2D eigenvalue weighted by atomic mass is 9.94. The molecular formula is C13H21N3O4. The summed E-state index contributed by atoms with van der Waals surface area (Å²) in [6.45, 7) is 5.72. The van der Waals surface area contributed by atoms with E-state index in [1.54, 1.807) is 6.92 Å². The van der Waals surface area contributed by atoms with E-state index in [0.717, 1.165) is 0 Å². The average molecular weight is 283 g/mol. The Morgan fingerprint density at radius 2 is 2.15 bits per heavy atom. The zero-order chi connectivity index (χ0) is 15.5. The zero-order valence-corrected chi connectivity index (χ0v) is 12.2. The van der Waals surface area contributed by atoms with Gasteiger partial charge in [0.15, 0.2) is 5.69 Å². The summed E-state index contributed by atoms with van der Waals surface area (Å²) in [5, 5.41) is 23.4. The van der Waals surface area contributed by atoms with Gasteiger partial charge in [0.05, 0.1) is 12.6 Å². The van der Waals surface area contributed by atoms with Crippen molar-refractivity contribution in [3.05, 3.63) is 27.9 Å². The summed E-state index contributed by atoms with van der Waals surface area (Å²) >= 11 is 0. The number of amides is 1. The van der Waals surface area contributed by atoms with E-state index in [-0.39, 0.29) is 18.1 Å². The van der Waals surface area contributed by atoms with E-state index in [0.29, 0.717) is 12.3 Å². The van der Waals surface area contributed by atoms with Crippen LogP contribution in [0, 0.1) is 16.0 Å². The second-order valence-corrected chi connectivity index (χ2v) is 5.67. The standard InChI is InChI=1S/C13H21N3O4/c1-9(2)7-13(3,18)8-14-12(17)10-5-6-11(15(10)4)16(19)20/h5-6,9,18H,7-8H2,1-4H3,(H,14,17). The fraction of sp³-hybridized carbons (Fsp3) is 0.615. The van der Waals surface area contributed by atoms with Crippen LogP contribution in [0.3, 0.4) is 0 Å². The molecule has 0 radical (unpaired) electrons. The molecule has 2 N–H and O–H groups in total. The van der Waals surface area contributed by atoms with Crippen molar-refractivity contribution in [2.45, 2.75) is 32.8 Å². The molecule has 1 unspecified atom stereocenters. The van der Waals surface area contributed by atoms with Gasteiger partial charge in [-0.25, -0.2) is 4.57 Å². The Kier molecular flexibility index (Phi) is 4.88. The minimum atomic E-state index is -0.999. The third-order valence-corrected chi connectivity index (χ3v) is 2.99. The van der Waals surface area contributed by atoms with Crippen LogP contribution in [0.4, 0.5) is 5.82 Å². The second-order valence-electron chi connectivity index (χ2n) is 5.67. The van der Waals surface area contributed by atoms with Crippen LogP contribution in [0.2, 0.25) is 0 Å². The molecule has 1 aromatic rings. The fourth-order valence-corrected chi connectivity index (χ4v) is 2.22. The molecule has 0 spiro atoms. The van der Waals surface area contributed by atoms with E-state index in [1.807, 2.05) is 13.8 Å². The van der Waals surface area contributed by atoms with Crippen molar-refractivity contribution in [3.63, 3.8) is 0 Å². The van der Waals surface area contributed by atoms with Crippen molar-refractivity contribution >= 4 is 11.7 Å². The Morgan fingerprint density at radius 1 is 1.55 bits per heavy atom. The molecular weight excluding hydrogens is 262 g/mol. The van der Waals surface area contributed by atoms with Crippen LogP contribution in [0.15, 0.2) is 12.1 Å². The third kappa shape index (κ3) is 4.06. The van der Waals surface area contributed by atoms with E-state index in [9.17, 15) is 20.0 Å². The number of carbonyl (C=O) groups excluding carboxylic acids is 1. The van der Waals surface area contributed by atoms with E-state index in [2.05, 4.69) is 5.32 Å². The molecule has 0 saturated heterocycles. The van der Waals surface area contributed by atoms with Gasteiger partial charge < -0.3 is 20.5 Å². The SMILES string of the molecule is CC(C)CC(C)(O)CNC(=O)c1ccc([N+](=O)[O-])n1C. The summed E-state index contributed by atoms with van der Waals surface area (Å²) in [5.74, 6) is -0.285. The van der Waals surface area contributed by atoms with Gasteiger partial charge in [0.1, 0.15) is 0 Å². The van der Waals surface area contributed by atoms with Crippen LogP contribution in [-0.2, 0) is 7.05 Å². The topological polar surface area (TPSA) is 97.4 Å². The summed E-state index contributed by atoms with van der Waals surface area (Å²) in [6, 6.07) is 2.67. The smallest absolute Gasteiger partial charge is 0.323 e. The van der Waals surface area contributed by atoms with Crippen molar-refractivity contribution < 1.29 is 14.8 Å². The Hall–Kier alpha value is -1.89. The molecule has 0 bridgehead atoms. The first-order valence-electron chi connectivity index (χ1n) is 6.45. The highest BCUT2D eigenvalue weighted by Crippen LogP contribution is 2.17. The maximum Gasteiger partial charge on any atom is 0.323 e. The minimum absolute atomic E-state index is 0.100. The predicted octanol–water partition coefficient (Wildman–Crippen LogP) is 1.46. The van der Waals surface area contributed by atoms with Gasteiger partial charge in [0.25, 0.3) is 5.91 Å². The third-order valence-electron chi connectivity index (χ3n) is 2.99. The van der Waals surface area contributed by atoms with Crippen molar-refractivity contribution in [1.29, 1.82) is 0 Å². The van der Waals surface area contributed by atoms with Gasteiger partial charge in [-0.15, -0.1) is 0 Å². The number of hydrogen-bond donors (Lipinski definition) is 2. The van der Waals surface area contributed by atoms with Gasteiger partial charge >= 0.3 is 5.82 Å². The number of hydrogen-bond acceptors (Lipinski definition) is 4. The maximum atomic E-state index is 12.0. The summed E-state index contributed by atoms with van der Waals surface area (Å²) < 4.78 is 1.21. The largest absolute Gasteiger partial charge is 0.388 e. The summed E-state index contributed by atoms with van der Waals surface area (Å²) in [5.41, 5.74) is -0.807. The number of aliphatic hydroxyl groups is 1. The number of nitro groups is 1. The fourth-order valence-electron chi connectivity index (χ4n) is 2.22. The lowest BCUT2D eigenvalue weighted by molar-refractivity contribution is -0.391. The Bertz CT molecular complexity index is 506. The zero-order valence-electron chi connectivity index (χ0n) is 12.2. The molecule has 7 heteroatoms. The van der Waals surface area contributed by atoms with Gasteiger partial charge in [-0.05, 0) is 30.3 Å². The van der Waals surface area contributed by atoms with Crippen LogP contribution in [-0.4, -0.2) is 32.6 Å². The van der Waals surface area contributed by atoms with Gasteiger partial charge in [-0.2, -0.15) is 0 Å². The van der Waals surface area contributed by atoms with Crippen molar-refractivity contribution in [2.75, 3.05) is 6.54 Å². The summed E-state index contributed by atoms with van der Waals surface area (Å²) in [4.78, 5) is 22.1. The van der Waals surface area contributed by atoms with Crippen molar-refractivity contribution in [3.8, 4) is 0 Å². The highest BCUT2D eigenvalue weighted by molar-refractivity contribution is 5.93. The van der Waals surface area contributed by atoms with Crippen molar-refractivity contribution in [2.24, 2.45) is 13.0 Å². The van der Waals surface area contributed by atoms with Gasteiger partial charge in [-0.1, -0.05) is 13.8 Å². The highest BCUT2D eigenvalue weighted by Gasteiger charge is 2.25. The number of nitrogens with zero attached hydrogens (tertiary/aromatic N) is 2. The molecule has 0 aromatic carbocycles.